The molecule has 0 atom stereocenters. The molecule has 1 aromatic carbocycles. The van der Waals surface area contributed by atoms with Crippen molar-refractivity contribution < 1.29 is 0 Å². The van der Waals surface area contributed by atoms with E-state index in [2.05, 4.69) is 39.3 Å². The van der Waals surface area contributed by atoms with E-state index >= 15 is 0 Å². The zero-order valence-electron chi connectivity index (χ0n) is 15.7. The number of hydrogen-bond acceptors (Lipinski definition) is 4. The van der Waals surface area contributed by atoms with E-state index in [0.717, 1.165) is 44.7 Å². The number of hydrogen-bond donors (Lipinski definition) is 2. The topological polar surface area (TPSA) is 77.4 Å². The molecule has 0 aliphatic rings. The summed E-state index contributed by atoms with van der Waals surface area (Å²) in [5.41, 5.74) is 7.23. The van der Waals surface area contributed by atoms with Crippen LogP contribution in [0.4, 0.5) is 11.4 Å². The molecule has 2 N–H and O–H groups in total. The molecule has 3 heterocycles. The van der Waals surface area contributed by atoms with Gasteiger partial charge < -0.3 is 10.3 Å². The number of benzene rings is 1. The molecule has 4 rings (SSSR count). The van der Waals surface area contributed by atoms with Crippen LogP contribution >= 0.6 is 0 Å². The predicted molar refractivity (Wildman–Crippen MR) is 113 cm³/mol. The monoisotopic (exact) mass is 365 g/mol. The first kappa shape index (κ1) is 17.5. The van der Waals surface area contributed by atoms with Gasteiger partial charge in [-0.3, -0.25) is 9.97 Å². The molecule has 28 heavy (non-hydrogen) atoms. The molecule has 0 bridgehead atoms. The number of aromatic nitrogens is 3. The fourth-order valence-corrected chi connectivity index (χ4v) is 3.25. The zero-order chi connectivity index (χ0) is 19.5. The minimum atomic E-state index is 0.508. The van der Waals surface area contributed by atoms with E-state index in [4.69, 9.17) is 0 Å². The van der Waals surface area contributed by atoms with Crippen molar-refractivity contribution in [3.63, 3.8) is 0 Å². The number of nitrogens with one attached hydrogen (secondary N) is 2. The van der Waals surface area contributed by atoms with Crippen LogP contribution in [0.25, 0.3) is 23.1 Å². The number of nitrogens with zero attached hydrogens (tertiary/aromatic N) is 3. The number of nitriles is 1. The Hall–Kier alpha value is -3.91. The number of rotatable bonds is 4. The second-order valence-corrected chi connectivity index (χ2v) is 6.57. The average Bonchev–Trinajstić information content (AvgIpc) is 3.20. The fourth-order valence-electron chi connectivity index (χ4n) is 3.25. The van der Waals surface area contributed by atoms with Crippen molar-refractivity contribution in [3.8, 4) is 6.07 Å². The van der Waals surface area contributed by atoms with Gasteiger partial charge in [0.25, 0.3) is 0 Å². The Morgan fingerprint density at radius 2 is 1.89 bits per heavy atom. The van der Waals surface area contributed by atoms with E-state index in [1.807, 2.05) is 49.5 Å². The molecule has 4 aromatic rings. The van der Waals surface area contributed by atoms with Gasteiger partial charge in [-0.05, 0) is 55.3 Å². The smallest absolute Gasteiger partial charge is 0.103 e. The third kappa shape index (κ3) is 3.24. The first-order valence-electron chi connectivity index (χ1n) is 8.99. The number of pyridine rings is 2. The third-order valence-corrected chi connectivity index (χ3v) is 4.85. The van der Waals surface area contributed by atoms with Gasteiger partial charge in [-0.2, -0.15) is 5.26 Å². The van der Waals surface area contributed by atoms with Crippen molar-refractivity contribution >= 4 is 34.4 Å². The van der Waals surface area contributed by atoms with E-state index in [9.17, 15) is 5.26 Å². The van der Waals surface area contributed by atoms with Crippen LogP contribution in [-0.4, -0.2) is 15.0 Å². The zero-order valence-corrected chi connectivity index (χ0v) is 15.7. The maximum atomic E-state index is 9.64. The highest BCUT2D eigenvalue weighted by atomic mass is 14.9. The molecular formula is C23H19N5. The van der Waals surface area contributed by atoms with Crippen LogP contribution in [0, 0.1) is 25.2 Å². The summed E-state index contributed by atoms with van der Waals surface area (Å²) in [6.07, 6.45) is 11.1. The lowest BCUT2D eigenvalue weighted by Gasteiger charge is -2.15. The molecule has 0 radical (unpaired) electrons. The molecule has 5 heteroatoms. The number of anilines is 2. The Bertz CT molecular complexity index is 1210. The average molecular weight is 365 g/mol. The van der Waals surface area contributed by atoms with Crippen molar-refractivity contribution in [2.75, 3.05) is 5.32 Å². The van der Waals surface area contributed by atoms with Gasteiger partial charge in [0.2, 0.25) is 0 Å². The molecule has 0 unspecified atom stereocenters. The minimum Gasteiger partial charge on any atom is -0.361 e. The van der Waals surface area contributed by atoms with E-state index in [0.29, 0.717) is 5.56 Å². The van der Waals surface area contributed by atoms with Crippen molar-refractivity contribution in [2.24, 2.45) is 0 Å². The Kier molecular flexibility index (Phi) is 4.61. The largest absolute Gasteiger partial charge is 0.361 e. The van der Waals surface area contributed by atoms with Gasteiger partial charge >= 0.3 is 0 Å². The lowest BCUT2D eigenvalue weighted by atomic mass is 10.0. The van der Waals surface area contributed by atoms with E-state index in [1.54, 1.807) is 18.6 Å². The van der Waals surface area contributed by atoms with Gasteiger partial charge in [0.05, 0.1) is 11.3 Å². The van der Waals surface area contributed by atoms with E-state index in [1.165, 1.54) is 0 Å². The molecule has 0 aliphatic heterocycles. The lowest BCUT2D eigenvalue weighted by molar-refractivity contribution is 1.18. The highest BCUT2D eigenvalue weighted by Gasteiger charge is 2.13. The maximum Gasteiger partial charge on any atom is 0.103 e. The minimum absolute atomic E-state index is 0.508. The summed E-state index contributed by atoms with van der Waals surface area (Å²) in [6.45, 7) is 4.02. The van der Waals surface area contributed by atoms with Gasteiger partial charge in [0, 0.05) is 52.6 Å². The van der Waals surface area contributed by atoms with E-state index < -0.39 is 0 Å². The first-order chi connectivity index (χ1) is 13.7. The van der Waals surface area contributed by atoms with Gasteiger partial charge in [-0.1, -0.05) is 12.2 Å². The summed E-state index contributed by atoms with van der Waals surface area (Å²) < 4.78 is 0. The molecule has 0 amide bonds. The van der Waals surface area contributed by atoms with Crippen LogP contribution < -0.4 is 5.32 Å². The van der Waals surface area contributed by atoms with Crippen LogP contribution in [0.3, 0.4) is 0 Å². The molecular weight excluding hydrogens is 346 g/mol. The molecule has 5 nitrogen and oxygen atoms in total. The fraction of sp³-hybridized carbons (Fsp3) is 0.0870. The lowest BCUT2D eigenvalue weighted by Crippen LogP contribution is -2.02. The molecule has 0 saturated carbocycles. The molecule has 0 fully saturated rings. The molecule has 0 saturated heterocycles. The van der Waals surface area contributed by atoms with E-state index in [-0.39, 0.29) is 0 Å². The third-order valence-electron chi connectivity index (χ3n) is 4.85. The Labute approximate surface area is 163 Å². The SMILES string of the molecule is Cc1ncc(C#N)c(Nc2ccc3[nH]ccc3c2C)c1/C=C/c1ccncc1. The summed E-state index contributed by atoms with van der Waals surface area (Å²) in [5.74, 6) is 0. The maximum absolute atomic E-state index is 9.64. The summed E-state index contributed by atoms with van der Waals surface area (Å²) in [7, 11) is 0. The Balaban J connectivity index is 1.80. The van der Waals surface area contributed by atoms with Crippen molar-refractivity contribution in [3.05, 3.63) is 83.1 Å². The van der Waals surface area contributed by atoms with Gasteiger partial charge in [-0.25, -0.2) is 0 Å². The van der Waals surface area contributed by atoms with Gasteiger partial charge in [0.15, 0.2) is 0 Å². The van der Waals surface area contributed by atoms with Crippen LogP contribution in [0.15, 0.2) is 55.1 Å². The molecule has 0 aliphatic carbocycles. The summed E-state index contributed by atoms with van der Waals surface area (Å²) >= 11 is 0. The van der Waals surface area contributed by atoms with Gasteiger partial charge in [0.1, 0.15) is 6.07 Å². The second kappa shape index (κ2) is 7.37. The van der Waals surface area contributed by atoms with Crippen LogP contribution in [0.1, 0.15) is 27.9 Å². The summed E-state index contributed by atoms with van der Waals surface area (Å²) in [4.78, 5) is 11.7. The van der Waals surface area contributed by atoms with Gasteiger partial charge in [-0.15, -0.1) is 0 Å². The highest BCUT2D eigenvalue weighted by molar-refractivity contribution is 5.90. The van der Waals surface area contributed by atoms with Crippen LogP contribution in [-0.2, 0) is 0 Å². The Morgan fingerprint density at radius 1 is 1.07 bits per heavy atom. The van der Waals surface area contributed by atoms with Crippen molar-refractivity contribution in [2.45, 2.75) is 13.8 Å². The van der Waals surface area contributed by atoms with Crippen LogP contribution in [0.5, 0.6) is 0 Å². The molecule has 0 spiro atoms. The van der Waals surface area contributed by atoms with Crippen molar-refractivity contribution in [1.82, 2.24) is 15.0 Å². The predicted octanol–water partition coefficient (Wildman–Crippen LogP) is 5.36. The molecule has 3 aromatic heterocycles. The quantitative estimate of drug-likeness (QED) is 0.510. The number of aryl methyl sites for hydroxylation is 2. The first-order valence-corrected chi connectivity index (χ1v) is 8.99. The second-order valence-electron chi connectivity index (χ2n) is 6.57. The molecule has 136 valence electrons. The summed E-state index contributed by atoms with van der Waals surface area (Å²) in [5, 5.41) is 14.3. The van der Waals surface area contributed by atoms with Crippen molar-refractivity contribution in [1.29, 1.82) is 5.26 Å². The normalized spacial score (nSPS) is 11.0. The number of H-pyrrole nitrogens is 1. The standard InChI is InChI=1S/C23H19N5/c1-15-19-9-12-26-22(19)6-5-21(15)28-23-18(13-24)14-27-16(2)20(23)4-3-17-7-10-25-11-8-17/h3-12,14,26H,1-2H3,(H,27,28)/b4-3+. The Morgan fingerprint density at radius 3 is 2.68 bits per heavy atom. The number of fused-ring (bicyclic) bond motifs is 1. The van der Waals surface area contributed by atoms with Crippen LogP contribution in [0.2, 0.25) is 0 Å². The highest BCUT2D eigenvalue weighted by Crippen LogP contribution is 2.32. The number of aromatic amines is 1. The summed E-state index contributed by atoms with van der Waals surface area (Å²) in [6, 6.07) is 12.3.